The van der Waals surface area contributed by atoms with Crippen LogP contribution in [0.4, 0.5) is 15.8 Å². The predicted octanol–water partition coefficient (Wildman–Crippen LogP) is 1.69. The summed E-state index contributed by atoms with van der Waals surface area (Å²) in [6, 6.07) is 5.88. The van der Waals surface area contributed by atoms with E-state index in [0.29, 0.717) is 5.69 Å². The lowest BCUT2D eigenvalue weighted by molar-refractivity contribution is 0.102. The Bertz CT molecular complexity index is 564. The minimum Gasteiger partial charge on any atom is -0.395 e. The van der Waals surface area contributed by atoms with E-state index < -0.39 is 11.7 Å². The lowest BCUT2D eigenvalue weighted by Crippen LogP contribution is -2.15. The van der Waals surface area contributed by atoms with E-state index in [4.69, 9.17) is 5.73 Å². The summed E-state index contributed by atoms with van der Waals surface area (Å²) in [6.07, 6.45) is 0. The van der Waals surface area contributed by atoms with Crippen LogP contribution in [0.5, 0.6) is 0 Å². The second kappa shape index (κ2) is 4.25. The second-order valence-electron chi connectivity index (χ2n) is 3.54. The maximum Gasteiger partial charge on any atom is 0.278 e. The van der Waals surface area contributed by atoms with E-state index in [2.05, 4.69) is 15.5 Å². The fourth-order valence-corrected chi connectivity index (χ4v) is 1.35. The van der Waals surface area contributed by atoms with Crippen LogP contribution in [0.2, 0.25) is 0 Å². The van der Waals surface area contributed by atoms with Gasteiger partial charge in [-0.05, 0) is 19.1 Å². The molecule has 0 spiro atoms. The lowest BCUT2D eigenvalue weighted by Gasteiger charge is -2.04. The molecular weight excluding hydrogens is 223 g/mol. The van der Waals surface area contributed by atoms with E-state index in [1.807, 2.05) is 0 Å². The zero-order chi connectivity index (χ0) is 12.4. The van der Waals surface area contributed by atoms with Crippen LogP contribution in [0.3, 0.4) is 0 Å². The van der Waals surface area contributed by atoms with Gasteiger partial charge in [0.2, 0.25) is 0 Å². The summed E-state index contributed by atoms with van der Waals surface area (Å²) in [4.78, 5) is 11.8. The number of nitrogen functional groups attached to an aromatic ring is 1. The molecule has 88 valence electrons. The van der Waals surface area contributed by atoms with Gasteiger partial charge in [0.05, 0.1) is 17.1 Å². The van der Waals surface area contributed by atoms with Crippen molar-refractivity contribution in [2.75, 3.05) is 11.1 Å². The number of nitrogens with zero attached hydrogens (tertiary/aromatic N) is 1. The molecule has 0 aliphatic carbocycles. The van der Waals surface area contributed by atoms with Crippen molar-refractivity contribution in [2.45, 2.75) is 6.92 Å². The molecule has 4 N–H and O–H groups in total. The van der Waals surface area contributed by atoms with Crippen LogP contribution in [-0.4, -0.2) is 16.1 Å². The van der Waals surface area contributed by atoms with Gasteiger partial charge >= 0.3 is 0 Å². The van der Waals surface area contributed by atoms with Crippen molar-refractivity contribution in [3.8, 4) is 0 Å². The van der Waals surface area contributed by atoms with Crippen molar-refractivity contribution in [3.63, 3.8) is 0 Å². The summed E-state index contributed by atoms with van der Waals surface area (Å²) in [5, 5.41) is 8.75. The Balaban J connectivity index is 2.23. The van der Waals surface area contributed by atoms with Gasteiger partial charge in [-0.1, -0.05) is 12.1 Å². The first-order valence-corrected chi connectivity index (χ1v) is 4.96. The van der Waals surface area contributed by atoms with Crippen molar-refractivity contribution >= 4 is 17.3 Å². The Hall–Kier alpha value is -2.37. The highest BCUT2D eigenvalue weighted by molar-refractivity contribution is 6.06. The summed E-state index contributed by atoms with van der Waals surface area (Å²) in [5.41, 5.74) is 6.67. The van der Waals surface area contributed by atoms with Crippen LogP contribution >= 0.6 is 0 Å². The first-order valence-electron chi connectivity index (χ1n) is 4.96. The van der Waals surface area contributed by atoms with Crippen molar-refractivity contribution < 1.29 is 9.18 Å². The number of nitrogens with two attached hydrogens (primary N) is 1. The number of halogens is 1. The number of aryl methyl sites for hydroxylation is 1. The number of aromatic nitrogens is 2. The molecule has 6 heteroatoms. The maximum absolute atomic E-state index is 13.3. The number of carbonyl (C=O) groups excluding carboxylic acids is 1. The van der Waals surface area contributed by atoms with Gasteiger partial charge in [0.25, 0.3) is 5.91 Å². The molecule has 0 aliphatic rings. The molecule has 17 heavy (non-hydrogen) atoms. The summed E-state index contributed by atoms with van der Waals surface area (Å²) in [5.74, 6) is -1.05. The zero-order valence-corrected chi connectivity index (χ0v) is 9.12. The van der Waals surface area contributed by atoms with Gasteiger partial charge in [-0.2, -0.15) is 5.10 Å². The Morgan fingerprint density at radius 3 is 2.76 bits per heavy atom. The van der Waals surface area contributed by atoms with Gasteiger partial charge < -0.3 is 11.1 Å². The van der Waals surface area contributed by atoms with Crippen LogP contribution < -0.4 is 11.1 Å². The van der Waals surface area contributed by atoms with Crippen molar-refractivity contribution in [1.82, 2.24) is 10.2 Å². The van der Waals surface area contributed by atoms with E-state index in [1.165, 1.54) is 18.2 Å². The van der Waals surface area contributed by atoms with E-state index in [0.717, 1.165) is 0 Å². The van der Waals surface area contributed by atoms with E-state index in [-0.39, 0.29) is 17.1 Å². The molecule has 5 nitrogen and oxygen atoms in total. The van der Waals surface area contributed by atoms with E-state index in [9.17, 15) is 9.18 Å². The first kappa shape index (κ1) is 11.1. The van der Waals surface area contributed by atoms with Gasteiger partial charge in [0, 0.05) is 0 Å². The highest BCUT2D eigenvalue weighted by Crippen LogP contribution is 2.17. The fourth-order valence-electron chi connectivity index (χ4n) is 1.35. The Morgan fingerprint density at radius 2 is 2.18 bits per heavy atom. The maximum atomic E-state index is 13.3. The van der Waals surface area contributed by atoms with Gasteiger partial charge in [-0.3, -0.25) is 9.89 Å². The first-order chi connectivity index (χ1) is 8.09. The molecule has 0 radical (unpaired) electrons. The average molecular weight is 234 g/mol. The quantitative estimate of drug-likeness (QED) is 0.739. The number of benzene rings is 1. The second-order valence-corrected chi connectivity index (χ2v) is 3.54. The van der Waals surface area contributed by atoms with Crippen LogP contribution in [-0.2, 0) is 0 Å². The van der Waals surface area contributed by atoms with E-state index >= 15 is 0 Å². The molecule has 1 heterocycles. The van der Waals surface area contributed by atoms with Crippen molar-refractivity contribution in [2.24, 2.45) is 0 Å². The molecule has 2 aromatic rings. The highest BCUT2D eigenvalue weighted by Gasteiger charge is 2.16. The van der Waals surface area contributed by atoms with Crippen LogP contribution in [0, 0.1) is 12.7 Å². The molecule has 0 saturated carbocycles. The normalized spacial score (nSPS) is 10.2. The molecule has 0 bridgehead atoms. The van der Waals surface area contributed by atoms with Crippen LogP contribution in [0.25, 0.3) is 0 Å². The smallest absolute Gasteiger partial charge is 0.278 e. The third kappa shape index (κ3) is 2.10. The standard InChI is InChI=1S/C11H11FN4O/c1-6-9(13)10(16-15-6)11(17)14-8-5-3-2-4-7(8)12/h2-5H,13H2,1H3,(H,14,17)(H,15,16). The van der Waals surface area contributed by atoms with Crippen molar-refractivity contribution in [1.29, 1.82) is 0 Å². The Labute approximate surface area is 96.8 Å². The number of H-pyrrole nitrogens is 1. The third-order valence-electron chi connectivity index (χ3n) is 2.33. The van der Waals surface area contributed by atoms with Gasteiger partial charge in [-0.15, -0.1) is 0 Å². The monoisotopic (exact) mass is 234 g/mol. The highest BCUT2D eigenvalue weighted by atomic mass is 19.1. The number of hydrogen-bond acceptors (Lipinski definition) is 3. The molecule has 1 aromatic heterocycles. The lowest BCUT2D eigenvalue weighted by atomic mass is 10.2. The third-order valence-corrected chi connectivity index (χ3v) is 2.33. The predicted molar refractivity (Wildman–Crippen MR) is 62.1 cm³/mol. The number of rotatable bonds is 2. The summed E-state index contributed by atoms with van der Waals surface area (Å²) < 4.78 is 13.3. The summed E-state index contributed by atoms with van der Waals surface area (Å²) >= 11 is 0. The molecule has 0 saturated heterocycles. The molecule has 1 amide bonds. The number of amides is 1. The fraction of sp³-hybridized carbons (Fsp3) is 0.0909. The van der Waals surface area contributed by atoms with E-state index in [1.54, 1.807) is 13.0 Å². The number of nitrogens with one attached hydrogen (secondary N) is 2. The number of aromatic amines is 1. The topological polar surface area (TPSA) is 83.8 Å². The summed E-state index contributed by atoms with van der Waals surface area (Å²) in [6.45, 7) is 1.70. The van der Waals surface area contributed by atoms with Crippen LogP contribution in [0.15, 0.2) is 24.3 Å². The average Bonchev–Trinajstić information content (AvgIpc) is 2.63. The number of hydrogen-bond donors (Lipinski definition) is 3. The molecule has 1 aromatic carbocycles. The number of anilines is 2. The van der Waals surface area contributed by atoms with Crippen molar-refractivity contribution in [3.05, 3.63) is 41.5 Å². The Kier molecular flexibility index (Phi) is 2.78. The number of para-hydroxylation sites is 1. The molecule has 0 unspecified atom stereocenters. The molecule has 0 aliphatic heterocycles. The van der Waals surface area contributed by atoms with Gasteiger partial charge in [0.1, 0.15) is 5.82 Å². The Morgan fingerprint density at radius 1 is 1.47 bits per heavy atom. The van der Waals surface area contributed by atoms with Gasteiger partial charge in [-0.25, -0.2) is 4.39 Å². The minimum atomic E-state index is -0.544. The number of carbonyl (C=O) groups is 1. The largest absolute Gasteiger partial charge is 0.395 e. The molecule has 0 fully saturated rings. The summed E-state index contributed by atoms with van der Waals surface area (Å²) in [7, 11) is 0. The SMILES string of the molecule is Cc1[nH]nc(C(=O)Nc2ccccc2F)c1N. The minimum absolute atomic E-state index is 0.0609. The molecular formula is C11H11FN4O. The van der Waals surface area contributed by atoms with Gasteiger partial charge in [0.15, 0.2) is 5.69 Å². The zero-order valence-electron chi connectivity index (χ0n) is 9.12. The molecule has 2 rings (SSSR count). The van der Waals surface area contributed by atoms with Crippen LogP contribution in [0.1, 0.15) is 16.2 Å². The molecule has 0 atom stereocenters.